The van der Waals surface area contributed by atoms with Crippen molar-refractivity contribution in [2.75, 3.05) is 0 Å². The molecule has 20 heavy (non-hydrogen) atoms. The number of rotatable bonds is 4. The van der Waals surface area contributed by atoms with E-state index >= 15 is 0 Å². The number of nitrogens with one attached hydrogen (secondary N) is 1. The molecule has 6 nitrogen and oxygen atoms in total. The SMILES string of the molecule is CCCCC(N)C(=O)O.O=C1NC(=O)c2ccccc21. The molecule has 1 atom stereocenters. The molecule has 108 valence electrons. The maximum atomic E-state index is 10.9. The van der Waals surface area contributed by atoms with Crippen LogP contribution in [0.2, 0.25) is 0 Å². The van der Waals surface area contributed by atoms with Crippen molar-refractivity contribution in [2.24, 2.45) is 5.73 Å². The Labute approximate surface area is 117 Å². The first kappa shape index (κ1) is 15.8. The molecule has 0 aromatic heterocycles. The van der Waals surface area contributed by atoms with Crippen LogP contribution in [0, 0.1) is 0 Å². The van der Waals surface area contributed by atoms with Crippen molar-refractivity contribution in [1.29, 1.82) is 0 Å². The predicted octanol–water partition coefficient (Wildman–Crippen LogP) is 1.16. The number of carbonyl (C=O) groups is 3. The lowest BCUT2D eigenvalue weighted by Crippen LogP contribution is -2.29. The number of hydrogen-bond acceptors (Lipinski definition) is 4. The normalized spacial score (nSPS) is 13.9. The van der Waals surface area contributed by atoms with Gasteiger partial charge in [-0.3, -0.25) is 19.7 Å². The quantitative estimate of drug-likeness (QED) is 0.716. The molecule has 0 radical (unpaired) electrons. The summed E-state index contributed by atoms with van der Waals surface area (Å²) < 4.78 is 0. The van der Waals surface area contributed by atoms with Gasteiger partial charge in [-0.1, -0.05) is 31.9 Å². The molecule has 1 aliphatic rings. The van der Waals surface area contributed by atoms with Gasteiger partial charge in [-0.15, -0.1) is 0 Å². The molecule has 1 aromatic carbocycles. The average Bonchev–Trinajstić information content (AvgIpc) is 2.72. The second-order valence-corrected chi connectivity index (χ2v) is 4.42. The number of carbonyl (C=O) groups excluding carboxylic acids is 2. The molecule has 0 saturated heterocycles. The summed E-state index contributed by atoms with van der Waals surface area (Å²) in [4.78, 5) is 32.0. The summed E-state index contributed by atoms with van der Waals surface area (Å²) in [7, 11) is 0. The van der Waals surface area contributed by atoms with Crippen molar-refractivity contribution >= 4 is 17.8 Å². The monoisotopic (exact) mass is 278 g/mol. The molecule has 2 amide bonds. The summed E-state index contributed by atoms with van der Waals surface area (Å²) in [6.07, 6.45) is 2.49. The van der Waals surface area contributed by atoms with E-state index in [1.54, 1.807) is 24.3 Å². The van der Waals surface area contributed by atoms with Crippen molar-refractivity contribution < 1.29 is 19.5 Å². The topological polar surface area (TPSA) is 109 Å². The van der Waals surface area contributed by atoms with Crippen molar-refractivity contribution in [3.63, 3.8) is 0 Å². The number of carboxylic acid groups (broad SMARTS) is 1. The molecule has 4 N–H and O–H groups in total. The van der Waals surface area contributed by atoms with Gasteiger partial charge in [0.2, 0.25) is 0 Å². The van der Waals surface area contributed by atoms with Crippen LogP contribution in [0.4, 0.5) is 0 Å². The highest BCUT2D eigenvalue weighted by Crippen LogP contribution is 2.13. The van der Waals surface area contributed by atoms with Crippen LogP contribution in [-0.2, 0) is 4.79 Å². The van der Waals surface area contributed by atoms with E-state index in [0.717, 1.165) is 12.8 Å². The fourth-order valence-corrected chi connectivity index (χ4v) is 1.66. The van der Waals surface area contributed by atoms with Crippen LogP contribution in [0.5, 0.6) is 0 Å². The van der Waals surface area contributed by atoms with Gasteiger partial charge in [-0.05, 0) is 18.6 Å². The highest BCUT2D eigenvalue weighted by atomic mass is 16.4. The first-order valence-electron chi connectivity index (χ1n) is 6.40. The third kappa shape index (κ3) is 4.17. The molecule has 0 spiro atoms. The summed E-state index contributed by atoms with van der Waals surface area (Å²) in [6, 6.07) is 6.07. The fourth-order valence-electron chi connectivity index (χ4n) is 1.66. The van der Waals surface area contributed by atoms with E-state index in [9.17, 15) is 14.4 Å². The zero-order valence-electron chi connectivity index (χ0n) is 11.3. The van der Waals surface area contributed by atoms with Crippen LogP contribution < -0.4 is 11.1 Å². The van der Waals surface area contributed by atoms with Crippen molar-refractivity contribution in [3.8, 4) is 0 Å². The maximum absolute atomic E-state index is 10.9. The smallest absolute Gasteiger partial charge is 0.320 e. The van der Waals surface area contributed by atoms with E-state index in [1.165, 1.54) is 0 Å². The Kier molecular flexibility index (Phi) is 5.86. The lowest BCUT2D eigenvalue weighted by atomic mass is 10.1. The first-order valence-corrected chi connectivity index (χ1v) is 6.40. The number of nitrogens with two attached hydrogens (primary N) is 1. The number of unbranched alkanes of at least 4 members (excludes halogenated alkanes) is 1. The van der Waals surface area contributed by atoms with Gasteiger partial charge in [-0.2, -0.15) is 0 Å². The highest BCUT2D eigenvalue weighted by molar-refractivity contribution is 6.21. The Morgan fingerprint density at radius 2 is 1.75 bits per heavy atom. The minimum atomic E-state index is -0.900. The summed E-state index contributed by atoms with van der Waals surface area (Å²) in [5.74, 6) is -1.50. The third-order valence-electron chi connectivity index (χ3n) is 2.83. The van der Waals surface area contributed by atoms with Gasteiger partial charge >= 0.3 is 5.97 Å². The molecule has 1 aromatic rings. The largest absolute Gasteiger partial charge is 0.480 e. The van der Waals surface area contributed by atoms with Crippen molar-refractivity contribution in [2.45, 2.75) is 32.2 Å². The second-order valence-electron chi connectivity index (χ2n) is 4.42. The molecule has 6 heteroatoms. The number of aliphatic carboxylic acids is 1. The number of carboxylic acids is 1. The van der Waals surface area contributed by atoms with Gasteiger partial charge < -0.3 is 10.8 Å². The van der Waals surface area contributed by atoms with Crippen LogP contribution in [0.25, 0.3) is 0 Å². The lowest BCUT2D eigenvalue weighted by molar-refractivity contribution is -0.138. The summed E-state index contributed by atoms with van der Waals surface area (Å²) in [5.41, 5.74) is 6.14. The first-order chi connectivity index (χ1) is 9.47. The number of hydrogen-bond donors (Lipinski definition) is 3. The molecule has 0 bridgehead atoms. The van der Waals surface area contributed by atoms with Gasteiger partial charge in [0.15, 0.2) is 0 Å². The van der Waals surface area contributed by atoms with Crippen LogP contribution in [0.1, 0.15) is 46.9 Å². The van der Waals surface area contributed by atoms with E-state index in [2.05, 4.69) is 5.32 Å². The average molecular weight is 278 g/mol. The number of fused-ring (bicyclic) bond motifs is 1. The minimum absolute atomic E-state index is 0.300. The summed E-state index contributed by atoms with van der Waals surface area (Å²) in [6.45, 7) is 2.01. The Balaban J connectivity index is 0.000000206. The molecular formula is C14H18N2O4. The molecule has 0 saturated carbocycles. The molecule has 0 aliphatic carbocycles. The lowest BCUT2D eigenvalue weighted by Gasteiger charge is -2.02. The fraction of sp³-hybridized carbons (Fsp3) is 0.357. The number of benzene rings is 1. The molecular weight excluding hydrogens is 260 g/mol. The van der Waals surface area contributed by atoms with Gasteiger partial charge in [0, 0.05) is 0 Å². The standard InChI is InChI=1S/C8H5NO2.C6H13NO2/c10-7-5-3-1-2-4-6(5)8(11)9-7;1-2-3-4-5(7)6(8)9/h1-4H,(H,9,10,11);5H,2-4,7H2,1H3,(H,8,9). The van der Waals surface area contributed by atoms with Crippen molar-refractivity contribution in [1.82, 2.24) is 5.32 Å². The van der Waals surface area contributed by atoms with Gasteiger partial charge in [0.05, 0.1) is 11.1 Å². The Hall–Kier alpha value is -2.21. The number of imide groups is 1. The maximum Gasteiger partial charge on any atom is 0.320 e. The van der Waals surface area contributed by atoms with Gasteiger partial charge in [0.25, 0.3) is 11.8 Å². The molecule has 1 unspecified atom stereocenters. The Morgan fingerprint density at radius 3 is 2.15 bits per heavy atom. The summed E-state index contributed by atoms with van der Waals surface area (Å²) >= 11 is 0. The van der Waals surface area contributed by atoms with E-state index < -0.39 is 12.0 Å². The molecule has 2 rings (SSSR count). The van der Waals surface area contributed by atoms with Crippen LogP contribution in [-0.4, -0.2) is 28.9 Å². The van der Waals surface area contributed by atoms with Crippen LogP contribution in [0.15, 0.2) is 24.3 Å². The molecule has 1 aliphatic heterocycles. The number of amides is 2. The van der Waals surface area contributed by atoms with Gasteiger partial charge in [-0.25, -0.2) is 0 Å². The van der Waals surface area contributed by atoms with Crippen molar-refractivity contribution in [3.05, 3.63) is 35.4 Å². The zero-order valence-corrected chi connectivity index (χ0v) is 11.3. The van der Waals surface area contributed by atoms with Crippen LogP contribution in [0.3, 0.4) is 0 Å². The van der Waals surface area contributed by atoms with Gasteiger partial charge in [0.1, 0.15) is 6.04 Å². The Morgan fingerprint density at radius 1 is 1.25 bits per heavy atom. The summed E-state index contributed by atoms with van der Waals surface area (Å²) in [5, 5.41) is 10.5. The molecule has 0 fully saturated rings. The van der Waals surface area contributed by atoms with E-state index in [4.69, 9.17) is 10.8 Å². The van der Waals surface area contributed by atoms with E-state index in [1.807, 2.05) is 6.92 Å². The van der Waals surface area contributed by atoms with Crippen LogP contribution >= 0.6 is 0 Å². The predicted molar refractivity (Wildman–Crippen MR) is 73.4 cm³/mol. The third-order valence-corrected chi connectivity index (χ3v) is 2.83. The van der Waals surface area contributed by atoms with E-state index in [-0.39, 0.29) is 11.8 Å². The molecule has 1 heterocycles. The minimum Gasteiger partial charge on any atom is -0.480 e. The zero-order chi connectivity index (χ0) is 15.1. The van der Waals surface area contributed by atoms with E-state index in [0.29, 0.717) is 17.5 Å². The second kappa shape index (κ2) is 7.40. The Bertz CT molecular complexity index is 481. The highest BCUT2D eigenvalue weighted by Gasteiger charge is 2.25.